The molecule has 6 nitrogen and oxygen atoms in total. The van der Waals surface area contributed by atoms with E-state index >= 15 is 0 Å². The molecule has 0 fully saturated rings. The minimum atomic E-state index is -1.09. The van der Waals surface area contributed by atoms with Crippen LogP contribution in [0.5, 0.6) is 0 Å². The summed E-state index contributed by atoms with van der Waals surface area (Å²) in [6.45, 7) is 0. The van der Waals surface area contributed by atoms with Gasteiger partial charge in [-0.1, -0.05) is 18.2 Å². The van der Waals surface area contributed by atoms with Gasteiger partial charge in [-0.2, -0.15) is 9.61 Å². The molecule has 1 aromatic carbocycles. The zero-order chi connectivity index (χ0) is 12.7. The van der Waals surface area contributed by atoms with Crippen LogP contribution in [0, 0.1) is 5.41 Å². The molecule has 2 heterocycles. The van der Waals surface area contributed by atoms with Crippen LogP contribution in [0.1, 0.15) is 11.8 Å². The van der Waals surface area contributed by atoms with Crippen molar-refractivity contribution in [2.24, 2.45) is 0 Å². The van der Waals surface area contributed by atoms with Gasteiger partial charge in [-0.05, 0) is 12.1 Å². The van der Waals surface area contributed by atoms with Gasteiger partial charge in [0.25, 0.3) is 0 Å². The Bertz CT molecular complexity index is 803. The van der Waals surface area contributed by atoms with Crippen molar-refractivity contribution in [2.75, 3.05) is 0 Å². The van der Waals surface area contributed by atoms with E-state index in [1.54, 1.807) is 12.1 Å². The van der Waals surface area contributed by atoms with Gasteiger partial charge >= 0.3 is 5.69 Å². The summed E-state index contributed by atoms with van der Waals surface area (Å²) in [5.74, 6) is 0. The second-order valence-electron chi connectivity index (χ2n) is 3.95. The van der Waals surface area contributed by atoms with Gasteiger partial charge in [-0.25, -0.2) is 4.79 Å². The number of fused-ring (bicyclic) bond motifs is 3. The first kappa shape index (κ1) is 10.7. The number of aliphatic hydroxyl groups is 1. The molecule has 0 saturated carbocycles. The summed E-state index contributed by atoms with van der Waals surface area (Å²) in [6.07, 6.45) is -0.221. The zero-order valence-electron chi connectivity index (χ0n) is 9.29. The highest BCUT2D eigenvalue weighted by atomic mass is 16.3. The van der Waals surface area contributed by atoms with Gasteiger partial charge in [-0.3, -0.25) is 0 Å². The van der Waals surface area contributed by atoms with Crippen molar-refractivity contribution >= 4 is 22.6 Å². The van der Waals surface area contributed by atoms with Crippen molar-refractivity contribution in [3.05, 3.63) is 46.5 Å². The van der Waals surface area contributed by atoms with E-state index in [2.05, 4.69) is 10.1 Å². The van der Waals surface area contributed by atoms with Crippen molar-refractivity contribution < 1.29 is 5.11 Å². The van der Waals surface area contributed by atoms with Gasteiger partial charge < -0.3 is 15.5 Å². The highest BCUT2D eigenvalue weighted by Crippen LogP contribution is 2.19. The standard InChI is InChI=1S/C12H10N4O2/c13-6-11(17)9-5-10-7-3-1-2-4-8(7)14-12(18)16(10)15-9/h1-6,11,13,17H,(H,14,18). The van der Waals surface area contributed by atoms with Crippen LogP contribution < -0.4 is 5.69 Å². The number of nitrogens with zero attached hydrogens (tertiary/aromatic N) is 2. The van der Waals surface area contributed by atoms with Crippen molar-refractivity contribution in [2.45, 2.75) is 6.10 Å². The average molecular weight is 242 g/mol. The maximum absolute atomic E-state index is 11.8. The number of H-pyrrole nitrogens is 1. The largest absolute Gasteiger partial charge is 0.381 e. The lowest BCUT2D eigenvalue weighted by Gasteiger charge is -1.98. The topological polar surface area (TPSA) is 94.2 Å². The highest BCUT2D eigenvalue weighted by Gasteiger charge is 2.13. The van der Waals surface area contributed by atoms with Crippen molar-refractivity contribution in [3.8, 4) is 0 Å². The third-order valence-electron chi connectivity index (χ3n) is 2.83. The quantitative estimate of drug-likeness (QED) is 0.582. The van der Waals surface area contributed by atoms with E-state index in [-0.39, 0.29) is 11.4 Å². The van der Waals surface area contributed by atoms with E-state index in [9.17, 15) is 9.90 Å². The number of aromatic amines is 1. The van der Waals surface area contributed by atoms with E-state index in [1.165, 1.54) is 4.52 Å². The number of para-hydroxylation sites is 1. The zero-order valence-corrected chi connectivity index (χ0v) is 9.29. The summed E-state index contributed by atoms with van der Waals surface area (Å²) in [5.41, 5.74) is 1.25. The first-order valence-corrected chi connectivity index (χ1v) is 5.40. The molecule has 0 aliphatic rings. The van der Waals surface area contributed by atoms with Crippen LogP contribution in [-0.2, 0) is 0 Å². The number of benzene rings is 1. The molecule has 1 atom stereocenters. The first-order valence-electron chi connectivity index (χ1n) is 5.40. The molecule has 18 heavy (non-hydrogen) atoms. The van der Waals surface area contributed by atoms with Crippen LogP contribution in [0.15, 0.2) is 35.1 Å². The molecular formula is C12H10N4O2. The molecule has 0 saturated heterocycles. The second kappa shape index (κ2) is 3.78. The summed E-state index contributed by atoms with van der Waals surface area (Å²) in [6, 6.07) is 8.98. The molecule has 0 spiro atoms. The van der Waals surface area contributed by atoms with Gasteiger partial charge in [0.05, 0.1) is 16.7 Å². The maximum atomic E-state index is 11.8. The van der Waals surface area contributed by atoms with Crippen LogP contribution in [0.3, 0.4) is 0 Å². The number of aromatic nitrogens is 3. The molecule has 0 radical (unpaired) electrons. The Balaban J connectivity index is 2.45. The molecule has 0 aliphatic heterocycles. The maximum Gasteiger partial charge on any atom is 0.347 e. The lowest BCUT2D eigenvalue weighted by Crippen LogP contribution is -2.17. The predicted octanol–water partition coefficient (Wildman–Crippen LogP) is 0.859. The monoisotopic (exact) mass is 242 g/mol. The van der Waals surface area contributed by atoms with Crippen LogP contribution in [-0.4, -0.2) is 25.9 Å². The van der Waals surface area contributed by atoms with Crippen LogP contribution >= 0.6 is 0 Å². The third kappa shape index (κ3) is 1.43. The molecule has 3 N–H and O–H groups in total. The summed E-state index contributed by atoms with van der Waals surface area (Å²) >= 11 is 0. The normalized spacial score (nSPS) is 12.9. The third-order valence-corrected chi connectivity index (χ3v) is 2.83. The Labute approximate surface area is 101 Å². The van der Waals surface area contributed by atoms with E-state index < -0.39 is 6.10 Å². The Kier molecular flexibility index (Phi) is 2.24. The molecule has 1 unspecified atom stereocenters. The summed E-state index contributed by atoms with van der Waals surface area (Å²) < 4.78 is 1.20. The molecule has 2 aromatic heterocycles. The smallest absolute Gasteiger partial charge is 0.347 e. The Morgan fingerprint density at radius 3 is 3.00 bits per heavy atom. The molecule has 3 aromatic rings. The number of aliphatic hydroxyl groups excluding tert-OH is 1. The van der Waals surface area contributed by atoms with Gasteiger partial charge in [0.15, 0.2) is 0 Å². The first-order chi connectivity index (χ1) is 8.70. The Morgan fingerprint density at radius 2 is 2.22 bits per heavy atom. The fourth-order valence-electron chi connectivity index (χ4n) is 1.96. The molecule has 0 amide bonds. The van der Waals surface area contributed by atoms with Crippen LogP contribution in [0.2, 0.25) is 0 Å². The number of nitrogens with one attached hydrogen (secondary N) is 2. The minimum Gasteiger partial charge on any atom is -0.381 e. The molecule has 0 bridgehead atoms. The Morgan fingerprint density at radius 1 is 1.44 bits per heavy atom. The summed E-state index contributed by atoms with van der Waals surface area (Å²) in [4.78, 5) is 14.5. The minimum absolute atomic E-state index is 0.284. The van der Waals surface area contributed by atoms with Gasteiger partial charge in [0.2, 0.25) is 0 Å². The van der Waals surface area contributed by atoms with Crippen molar-refractivity contribution in [1.29, 1.82) is 5.41 Å². The Hall–Kier alpha value is -2.47. The lowest BCUT2D eigenvalue weighted by molar-refractivity contribution is 0.246. The van der Waals surface area contributed by atoms with E-state index in [4.69, 9.17) is 5.41 Å². The van der Waals surface area contributed by atoms with E-state index in [0.717, 1.165) is 11.6 Å². The molecule has 3 rings (SSSR count). The van der Waals surface area contributed by atoms with Crippen molar-refractivity contribution in [3.63, 3.8) is 0 Å². The fourth-order valence-corrected chi connectivity index (χ4v) is 1.96. The van der Waals surface area contributed by atoms with Crippen LogP contribution in [0.25, 0.3) is 16.4 Å². The summed E-state index contributed by atoms with van der Waals surface area (Å²) in [5, 5.41) is 21.4. The number of rotatable bonds is 2. The predicted molar refractivity (Wildman–Crippen MR) is 67.1 cm³/mol. The van der Waals surface area contributed by atoms with Gasteiger partial charge in [-0.15, -0.1) is 0 Å². The SMILES string of the molecule is N=CC(O)c1cc2c3ccccc3[nH]c(=O)n2n1. The highest BCUT2D eigenvalue weighted by molar-refractivity contribution is 5.93. The average Bonchev–Trinajstić information content (AvgIpc) is 2.84. The van der Waals surface area contributed by atoms with Gasteiger partial charge in [0, 0.05) is 11.6 Å². The number of hydrogen-bond donors (Lipinski definition) is 3. The molecular weight excluding hydrogens is 232 g/mol. The number of hydrogen-bond acceptors (Lipinski definition) is 4. The van der Waals surface area contributed by atoms with Crippen LogP contribution in [0.4, 0.5) is 0 Å². The molecule has 0 aliphatic carbocycles. The van der Waals surface area contributed by atoms with Gasteiger partial charge in [0.1, 0.15) is 6.10 Å². The molecule has 6 heteroatoms. The summed E-state index contributed by atoms with van der Waals surface area (Å²) in [7, 11) is 0. The second-order valence-corrected chi connectivity index (χ2v) is 3.95. The lowest BCUT2D eigenvalue weighted by atomic mass is 10.2. The van der Waals surface area contributed by atoms with E-state index in [1.807, 2.05) is 18.2 Å². The molecule has 90 valence electrons. The fraction of sp³-hybridized carbons (Fsp3) is 0.0833. The van der Waals surface area contributed by atoms with Crippen molar-refractivity contribution in [1.82, 2.24) is 14.6 Å². The van der Waals surface area contributed by atoms with E-state index in [0.29, 0.717) is 11.0 Å².